The number of piperidine rings is 1. The third kappa shape index (κ3) is 3.99. The highest BCUT2D eigenvalue weighted by Crippen LogP contribution is 2.31. The fraction of sp³-hybridized carbons (Fsp3) is 0.300. The molecular weight excluding hydrogens is 316 g/mol. The summed E-state index contributed by atoms with van der Waals surface area (Å²) in [4.78, 5) is 26.1. The highest BCUT2D eigenvalue weighted by molar-refractivity contribution is 6.06. The fourth-order valence-corrected chi connectivity index (χ4v) is 3.24. The van der Waals surface area contributed by atoms with Gasteiger partial charge in [0.1, 0.15) is 0 Å². The summed E-state index contributed by atoms with van der Waals surface area (Å²) < 4.78 is 0. The van der Waals surface area contributed by atoms with Crippen molar-refractivity contribution in [2.75, 3.05) is 23.3 Å². The molecule has 0 saturated carbocycles. The van der Waals surface area contributed by atoms with Gasteiger partial charge in [-0.05, 0) is 49.1 Å². The summed E-state index contributed by atoms with van der Waals surface area (Å²) in [6.07, 6.45) is 2.28. The van der Waals surface area contributed by atoms with Crippen LogP contribution < -0.4 is 10.2 Å². The molecule has 0 bridgehead atoms. The van der Waals surface area contributed by atoms with E-state index in [9.17, 15) is 14.7 Å². The maximum absolute atomic E-state index is 12.5. The van der Waals surface area contributed by atoms with Gasteiger partial charge in [-0.1, -0.05) is 25.1 Å². The zero-order valence-corrected chi connectivity index (χ0v) is 14.2. The summed E-state index contributed by atoms with van der Waals surface area (Å²) in [7, 11) is 0. The SMILES string of the molecule is C[C@H]1CCCN(c2ccc(C(=O)O)cc2NC(=O)c2ccccc2)C1. The van der Waals surface area contributed by atoms with Crippen LogP contribution in [0.1, 0.15) is 40.5 Å². The number of carbonyl (C=O) groups excluding carboxylic acids is 1. The maximum Gasteiger partial charge on any atom is 0.335 e. The van der Waals surface area contributed by atoms with Crippen LogP contribution in [0.5, 0.6) is 0 Å². The first-order valence-electron chi connectivity index (χ1n) is 8.53. The van der Waals surface area contributed by atoms with Gasteiger partial charge in [-0.25, -0.2) is 4.79 Å². The van der Waals surface area contributed by atoms with E-state index in [1.54, 1.807) is 36.4 Å². The van der Waals surface area contributed by atoms with E-state index < -0.39 is 5.97 Å². The molecule has 1 saturated heterocycles. The molecule has 0 aromatic heterocycles. The van der Waals surface area contributed by atoms with Crippen LogP contribution in [-0.2, 0) is 0 Å². The van der Waals surface area contributed by atoms with Crippen molar-refractivity contribution < 1.29 is 14.7 Å². The number of carboxylic acid groups (broad SMARTS) is 1. The molecule has 1 heterocycles. The van der Waals surface area contributed by atoms with E-state index in [0.29, 0.717) is 17.2 Å². The zero-order chi connectivity index (χ0) is 17.8. The Morgan fingerprint density at radius 3 is 2.56 bits per heavy atom. The van der Waals surface area contributed by atoms with Gasteiger partial charge in [0, 0.05) is 18.7 Å². The second-order valence-electron chi connectivity index (χ2n) is 6.55. The number of amides is 1. The smallest absolute Gasteiger partial charge is 0.335 e. The van der Waals surface area contributed by atoms with Crippen molar-refractivity contribution in [1.29, 1.82) is 0 Å². The molecule has 2 aromatic carbocycles. The lowest BCUT2D eigenvalue weighted by atomic mass is 9.99. The number of benzene rings is 2. The zero-order valence-electron chi connectivity index (χ0n) is 14.2. The number of hydrogen-bond donors (Lipinski definition) is 2. The molecule has 0 unspecified atom stereocenters. The third-order valence-corrected chi connectivity index (χ3v) is 4.53. The number of rotatable bonds is 4. The topological polar surface area (TPSA) is 69.6 Å². The van der Waals surface area contributed by atoms with Gasteiger partial charge in [-0.3, -0.25) is 4.79 Å². The number of aromatic carboxylic acids is 1. The van der Waals surface area contributed by atoms with Gasteiger partial charge in [0.2, 0.25) is 0 Å². The Morgan fingerprint density at radius 2 is 1.88 bits per heavy atom. The second kappa shape index (κ2) is 7.38. The molecule has 1 atom stereocenters. The number of anilines is 2. The molecule has 3 rings (SSSR count). The van der Waals surface area contributed by atoms with Gasteiger partial charge < -0.3 is 15.3 Å². The minimum atomic E-state index is -1.01. The van der Waals surface area contributed by atoms with Crippen LogP contribution in [-0.4, -0.2) is 30.1 Å². The Bertz CT molecular complexity index is 774. The van der Waals surface area contributed by atoms with Crippen molar-refractivity contribution in [3.8, 4) is 0 Å². The van der Waals surface area contributed by atoms with Crippen LogP contribution in [0.4, 0.5) is 11.4 Å². The first-order valence-corrected chi connectivity index (χ1v) is 8.53. The highest BCUT2D eigenvalue weighted by atomic mass is 16.4. The van der Waals surface area contributed by atoms with Crippen molar-refractivity contribution in [1.82, 2.24) is 0 Å². The standard InChI is InChI=1S/C20H22N2O3/c1-14-6-5-11-22(13-14)18-10-9-16(20(24)25)12-17(18)21-19(23)15-7-3-2-4-8-15/h2-4,7-10,12,14H,5-6,11,13H2,1H3,(H,21,23)(H,24,25)/t14-/m0/s1. The Kier molecular flexibility index (Phi) is 5.03. The van der Waals surface area contributed by atoms with Crippen molar-refractivity contribution in [3.05, 3.63) is 59.7 Å². The van der Waals surface area contributed by atoms with Crippen LogP contribution in [0.25, 0.3) is 0 Å². The summed E-state index contributed by atoms with van der Waals surface area (Å²) in [5.41, 5.74) is 2.13. The monoisotopic (exact) mass is 338 g/mol. The average molecular weight is 338 g/mol. The number of carbonyl (C=O) groups is 2. The minimum absolute atomic E-state index is 0.164. The number of nitrogens with one attached hydrogen (secondary N) is 1. The van der Waals surface area contributed by atoms with E-state index in [-0.39, 0.29) is 11.5 Å². The molecule has 0 radical (unpaired) electrons. The highest BCUT2D eigenvalue weighted by Gasteiger charge is 2.21. The van der Waals surface area contributed by atoms with Gasteiger partial charge in [0.15, 0.2) is 0 Å². The fourth-order valence-electron chi connectivity index (χ4n) is 3.24. The molecule has 130 valence electrons. The molecular formula is C20H22N2O3. The lowest BCUT2D eigenvalue weighted by Gasteiger charge is -2.34. The minimum Gasteiger partial charge on any atom is -0.478 e. The van der Waals surface area contributed by atoms with Crippen LogP contribution >= 0.6 is 0 Å². The van der Waals surface area contributed by atoms with E-state index in [1.165, 1.54) is 12.5 Å². The molecule has 25 heavy (non-hydrogen) atoms. The summed E-state index contributed by atoms with van der Waals surface area (Å²) in [6, 6.07) is 13.8. The Labute approximate surface area is 147 Å². The second-order valence-corrected chi connectivity index (χ2v) is 6.55. The van der Waals surface area contributed by atoms with Gasteiger partial charge in [0.25, 0.3) is 5.91 Å². The Hall–Kier alpha value is -2.82. The van der Waals surface area contributed by atoms with E-state index in [1.807, 2.05) is 6.07 Å². The van der Waals surface area contributed by atoms with Gasteiger partial charge >= 0.3 is 5.97 Å². The summed E-state index contributed by atoms with van der Waals surface area (Å²) in [5, 5.41) is 12.2. The molecule has 0 spiro atoms. The summed E-state index contributed by atoms with van der Waals surface area (Å²) >= 11 is 0. The predicted octanol–water partition coefficient (Wildman–Crippen LogP) is 3.87. The molecule has 5 heteroatoms. The van der Waals surface area contributed by atoms with E-state index >= 15 is 0 Å². The Morgan fingerprint density at radius 1 is 1.12 bits per heavy atom. The first kappa shape index (κ1) is 17.0. The molecule has 1 aliphatic heterocycles. The number of hydrogen-bond acceptors (Lipinski definition) is 3. The third-order valence-electron chi connectivity index (χ3n) is 4.53. The number of carboxylic acids is 1. The van der Waals surface area contributed by atoms with Gasteiger partial charge in [0.05, 0.1) is 16.9 Å². The predicted molar refractivity (Wildman–Crippen MR) is 98.4 cm³/mol. The Balaban J connectivity index is 1.92. The van der Waals surface area contributed by atoms with Crippen LogP contribution in [0.3, 0.4) is 0 Å². The average Bonchev–Trinajstić information content (AvgIpc) is 2.62. The molecule has 1 amide bonds. The quantitative estimate of drug-likeness (QED) is 0.888. The van der Waals surface area contributed by atoms with Crippen LogP contribution in [0.15, 0.2) is 48.5 Å². The maximum atomic E-state index is 12.5. The van der Waals surface area contributed by atoms with Crippen molar-refractivity contribution in [3.63, 3.8) is 0 Å². The first-order chi connectivity index (χ1) is 12.0. The number of nitrogens with zero attached hydrogens (tertiary/aromatic N) is 1. The lowest BCUT2D eigenvalue weighted by molar-refractivity contribution is 0.0696. The lowest BCUT2D eigenvalue weighted by Crippen LogP contribution is -2.35. The summed E-state index contributed by atoms with van der Waals surface area (Å²) in [6.45, 7) is 4.02. The molecule has 5 nitrogen and oxygen atoms in total. The van der Waals surface area contributed by atoms with E-state index in [4.69, 9.17) is 0 Å². The molecule has 1 fully saturated rings. The van der Waals surface area contributed by atoms with E-state index in [2.05, 4.69) is 17.1 Å². The van der Waals surface area contributed by atoms with Crippen molar-refractivity contribution in [2.24, 2.45) is 5.92 Å². The van der Waals surface area contributed by atoms with Gasteiger partial charge in [-0.2, -0.15) is 0 Å². The molecule has 1 aliphatic rings. The van der Waals surface area contributed by atoms with Crippen molar-refractivity contribution in [2.45, 2.75) is 19.8 Å². The van der Waals surface area contributed by atoms with E-state index in [0.717, 1.165) is 25.2 Å². The largest absolute Gasteiger partial charge is 0.478 e. The van der Waals surface area contributed by atoms with Gasteiger partial charge in [-0.15, -0.1) is 0 Å². The van der Waals surface area contributed by atoms with Crippen LogP contribution in [0.2, 0.25) is 0 Å². The molecule has 0 aliphatic carbocycles. The summed E-state index contributed by atoms with van der Waals surface area (Å²) in [5.74, 6) is -0.672. The normalized spacial score (nSPS) is 17.2. The molecule has 2 aromatic rings. The molecule has 2 N–H and O–H groups in total. The van der Waals surface area contributed by atoms with Crippen molar-refractivity contribution >= 4 is 23.3 Å². The van der Waals surface area contributed by atoms with Crippen LogP contribution in [0, 0.1) is 5.92 Å².